The van der Waals surface area contributed by atoms with Crippen molar-refractivity contribution in [2.75, 3.05) is 0 Å². The number of furan rings is 2. The maximum absolute atomic E-state index is 6.73. The highest BCUT2D eigenvalue weighted by atomic mass is 16.3. The van der Waals surface area contributed by atoms with E-state index in [1.165, 1.54) is 10.8 Å². The summed E-state index contributed by atoms with van der Waals surface area (Å²) in [5, 5.41) is 8.68. The van der Waals surface area contributed by atoms with E-state index >= 15 is 0 Å². The first-order valence-corrected chi connectivity index (χ1v) is 17.3. The zero-order chi connectivity index (χ0) is 34.2. The van der Waals surface area contributed by atoms with Gasteiger partial charge in [0.1, 0.15) is 22.3 Å². The Morgan fingerprint density at radius 1 is 0.327 bits per heavy atom. The van der Waals surface area contributed by atoms with Crippen molar-refractivity contribution in [3.8, 4) is 45.3 Å². The fourth-order valence-electron chi connectivity index (χ4n) is 7.64. The predicted octanol–water partition coefficient (Wildman–Crippen LogP) is 12.6. The molecule has 0 aliphatic heterocycles. The quantitative estimate of drug-likeness (QED) is 0.187. The van der Waals surface area contributed by atoms with Crippen LogP contribution in [0.1, 0.15) is 0 Å². The molecule has 11 aromatic rings. The molecular formula is C47H27N3O2. The van der Waals surface area contributed by atoms with Crippen LogP contribution in [0.2, 0.25) is 0 Å². The van der Waals surface area contributed by atoms with Crippen LogP contribution in [0.15, 0.2) is 173 Å². The van der Waals surface area contributed by atoms with E-state index in [0.29, 0.717) is 17.5 Å². The predicted molar refractivity (Wildman–Crippen MR) is 211 cm³/mol. The van der Waals surface area contributed by atoms with Gasteiger partial charge in [-0.3, -0.25) is 0 Å². The molecule has 0 atom stereocenters. The van der Waals surface area contributed by atoms with Gasteiger partial charge in [0.25, 0.3) is 0 Å². The van der Waals surface area contributed by atoms with Crippen LogP contribution in [-0.2, 0) is 0 Å². The summed E-state index contributed by atoms with van der Waals surface area (Å²) in [7, 11) is 0. The van der Waals surface area contributed by atoms with Crippen LogP contribution in [0, 0.1) is 0 Å². The van der Waals surface area contributed by atoms with Gasteiger partial charge in [0.15, 0.2) is 17.5 Å². The molecule has 5 nitrogen and oxygen atoms in total. The minimum Gasteiger partial charge on any atom is -0.456 e. The number of para-hydroxylation sites is 2. The van der Waals surface area contributed by atoms with E-state index in [9.17, 15) is 0 Å². The summed E-state index contributed by atoms with van der Waals surface area (Å²) in [5.41, 5.74) is 8.10. The third-order valence-electron chi connectivity index (χ3n) is 10.1. The number of hydrogen-bond donors (Lipinski definition) is 0. The normalized spacial score (nSPS) is 11.8. The second-order valence-electron chi connectivity index (χ2n) is 13.2. The summed E-state index contributed by atoms with van der Waals surface area (Å²) in [5.74, 6) is 1.76. The van der Waals surface area contributed by atoms with Crippen LogP contribution >= 0.6 is 0 Å². The molecule has 8 aromatic carbocycles. The van der Waals surface area contributed by atoms with Gasteiger partial charge in [-0.15, -0.1) is 0 Å². The molecule has 242 valence electrons. The zero-order valence-electron chi connectivity index (χ0n) is 27.7. The van der Waals surface area contributed by atoms with Crippen molar-refractivity contribution >= 4 is 65.4 Å². The molecule has 0 fully saturated rings. The van der Waals surface area contributed by atoms with Crippen molar-refractivity contribution < 1.29 is 8.83 Å². The van der Waals surface area contributed by atoms with E-state index < -0.39 is 0 Å². The van der Waals surface area contributed by atoms with Crippen molar-refractivity contribution in [1.29, 1.82) is 0 Å². The maximum atomic E-state index is 6.73. The Labute approximate surface area is 297 Å². The van der Waals surface area contributed by atoms with Gasteiger partial charge in [0, 0.05) is 43.8 Å². The van der Waals surface area contributed by atoms with Gasteiger partial charge in [-0.25, -0.2) is 15.0 Å². The summed E-state index contributed by atoms with van der Waals surface area (Å²) in [4.78, 5) is 15.6. The summed E-state index contributed by atoms with van der Waals surface area (Å²) in [6.07, 6.45) is 0. The molecule has 0 bridgehead atoms. The average molecular weight is 666 g/mol. The lowest BCUT2D eigenvalue weighted by molar-refractivity contribution is 0.669. The first-order valence-electron chi connectivity index (χ1n) is 17.3. The molecule has 0 saturated heterocycles. The molecule has 0 amide bonds. The molecule has 5 heteroatoms. The molecule has 52 heavy (non-hydrogen) atoms. The summed E-state index contributed by atoms with van der Waals surface area (Å²) >= 11 is 0. The Balaban J connectivity index is 1.19. The number of benzene rings is 8. The van der Waals surface area contributed by atoms with Crippen LogP contribution in [0.4, 0.5) is 0 Å². The zero-order valence-corrected chi connectivity index (χ0v) is 27.7. The fraction of sp³-hybridized carbons (Fsp3) is 0. The monoisotopic (exact) mass is 665 g/mol. The van der Waals surface area contributed by atoms with Crippen molar-refractivity contribution in [2.24, 2.45) is 0 Å². The minimum atomic E-state index is 0.575. The minimum absolute atomic E-state index is 0.575. The third-order valence-corrected chi connectivity index (χ3v) is 10.1. The first-order chi connectivity index (χ1) is 25.7. The van der Waals surface area contributed by atoms with Gasteiger partial charge in [-0.2, -0.15) is 0 Å². The van der Waals surface area contributed by atoms with Crippen LogP contribution in [0.25, 0.3) is 111 Å². The largest absolute Gasteiger partial charge is 0.456 e. The molecule has 0 aliphatic rings. The molecule has 0 N–H and O–H groups in total. The molecule has 0 aliphatic carbocycles. The van der Waals surface area contributed by atoms with Crippen molar-refractivity contribution in [2.45, 2.75) is 0 Å². The Morgan fingerprint density at radius 3 is 1.77 bits per heavy atom. The molecule has 0 radical (unpaired) electrons. The van der Waals surface area contributed by atoms with E-state index in [1.807, 2.05) is 42.5 Å². The summed E-state index contributed by atoms with van der Waals surface area (Å²) in [6.45, 7) is 0. The summed E-state index contributed by atoms with van der Waals surface area (Å²) in [6, 6.07) is 56.3. The molecular weight excluding hydrogens is 639 g/mol. The van der Waals surface area contributed by atoms with Crippen LogP contribution in [0.5, 0.6) is 0 Å². The number of fused-ring (bicyclic) bond motifs is 8. The molecule has 11 rings (SSSR count). The van der Waals surface area contributed by atoms with Gasteiger partial charge < -0.3 is 8.83 Å². The Hall–Kier alpha value is -7.11. The fourth-order valence-corrected chi connectivity index (χ4v) is 7.64. The van der Waals surface area contributed by atoms with Crippen LogP contribution in [-0.4, -0.2) is 15.0 Å². The highest BCUT2D eigenvalue weighted by Gasteiger charge is 2.22. The number of rotatable bonds is 4. The van der Waals surface area contributed by atoms with Gasteiger partial charge in [-0.05, 0) is 75.6 Å². The Morgan fingerprint density at radius 2 is 0.923 bits per heavy atom. The van der Waals surface area contributed by atoms with E-state index in [2.05, 4.69) is 121 Å². The number of hydrogen-bond acceptors (Lipinski definition) is 5. The smallest absolute Gasteiger partial charge is 0.164 e. The molecule has 3 heterocycles. The SMILES string of the molecule is c1ccc2cc(-c3nc(-c4ccc5oc6ccccc6c5c4)nc(-c4ccc(-c5cccc6ccccc56)c5oc6ccccc6c45)n3)ccc2c1. The highest BCUT2D eigenvalue weighted by Crippen LogP contribution is 2.43. The van der Waals surface area contributed by atoms with Crippen LogP contribution in [0.3, 0.4) is 0 Å². The van der Waals surface area contributed by atoms with E-state index in [0.717, 1.165) is 82.5 Å². The Bertz CT molecular complexity index is 3200. The van der Waals surface area contributed by atoms with Gasteiger partial charge in [0.05, 0.1) is 0 Å². The lowest BCUT2D eigenvalue weighted by atomic mass is 9.94. The average Bonchev–Trinajstić information content (AvgIpc) is 3.79. The van der Waals surface area contributed by atoms with E-state index in [-0.39, 0.29) is 0 Å². The van der Waals surface area contributed by atoms with Crippen LogP contribution < -0.4 is 0 Å². The van der Waals surface area contributed by atoms with Crippen molar-refractivity contribution in [1.82, 2.24) is 15.0 Å². The van der Waals surface area contributed by atoms with E-state index in [4.69, 9.17) is 23.8 Å². The third kappa shape index (κ3) is 4.46. The molecule has 0 unspecified atom stereocenters. The molecule has 0 spiro atoms. The number of nitrogens with zero attached hydrogens (tertiary/aromatic N) is 3. The van der Waals surface area contributed by atoms with Crippen molar-refractivity contribution in [3.63, 3.8) is 0 Å². The lowest BCUT2D eigenvalue weighted by Crippen LogP contribution is -2.00. The second-order valence-corrected chi connectivity index (χ2v) is 13.2. The lowest BCUT2D eigenvalue weighted by Gasteiger charge is -2.12. The first kappa shape index (κ1) is 28.7. The second kappa shape index (κ2) is 11.2. The topological polar surface area (TPSA) is 65.0 Å². The highest BCUT2D eigenvalue weighted by molar-refractivity contribution is 6.17. The maximum Gasteiger partial charge on any atom is 0.164 e. The molecule has 3 aromatic heterocycles. The van der Waals surface area contributed by atoms with Gasteiger partial charge in [0.2, 0.25) is 0 Å². The Kier molecular flexibility index (Phi) is 6.18. The number of aromatic nitrogens is 3. The van der Waals surface area contributed by atoms with Gasteiger partial charge >= 0.3 is 0 Å². The molecule has 0 saturated carbocycles. The van der Waals surface area contributed by atoms with Crippen molar-refractivity contribution in [3.05, 3.63) is 164 Å². The standard InChI is InChI=1S/C47H27N3O2/c1-2-12-30-26-31(21-20-28(30)10-1)45-48-46(32-22-25-42-39(27-32)35-15-5-7-18-40(35)51-42)50-47(49-45)38-24-23-36(34-17-9-13-29-11-3-4-14-33(29)34)44-43(38)37-16-6-8-19-41(37)52-44/h1-27H. The van der Waals surface area contributed by atoms with E-state index in [1.54, 1.807) is 0 Å². The summed E-state index contributed by atoms with van der Waals surface area (Å²) < 4.78 is 12.9. The van der Waals surface area contributed by atoms with Gasteiger partial charge in [-0.1, -0.05) is 115 Å².